The second kappa shape index (κ2) is 8.24. The first-order valence-corrected chi connectivity index (χ1v) is 11.7. The number of fused-ring (bicyclic) bond motifs is 1. The molecule has 0 spiro atoms. The van der Waals surface area contributed by atoms with Gasteiger partial charge in [0.25, 0.3) is 0 Å². The molecule has 1 atom stereocenters. The Morgan fingerprint density at radius 2 is 1.97 bits per heavy atom. The van der Waals surface area contributed by atoms with E-state index >= 15 is 0 Å². The second-order valence-corrected chi connectivity index (χ2v) is 9.55. The van der Waals surface area contributed by atoms with Crippen LogP contribution < -0.4 is 9.64 Å². The Morgan fingerprint density at radius 1 is 1.13 bits per heavy atom. The molecule has 0 aliphatic carbocycles. The molecule has 30 heavy (non-hydrogen) atoms. The van der Waals surface area contributed by atoms with Gasteiger partial charge in [-0.2, -0.15) is 4.31 Å². The number of aryl methyl sites for hydroxylation is 1. The van der Waals surface area contributed by atoms with Crippen LogP contribution >= 0.6 is 0 Å². The van der Waals surface area contributed by atoms with E-state index in [2.05, 4.69) is 41.9 Å². The van der Waals surface area contributed by atoms with Gasteiger partial charge in [0.05, 0.1) is 11.5 Å². The Morgan fingerprint density at radius 3 is 2.70 bits per heavy atom. The van der Waals surface area contributed by atoms with Crippen LogP contribution in [0.1, 0.15) is 19.4 Å². The van der Waals surface area contributed by atoms with Crippen molar-refractivity contribution in [3.63, 3.8) is 0 Å². The first-order valence-electron chi connectivity index (χ1n) is 10.3. The van der Waals surface area contributed by atoms with Crippen LogP contribution in [0, 0.1) is 6.92 Å². The molecule has 1 aromatic heterocycles. The van der Waals surface area contributed by atoms with Crippen molar-refractivity contribution >= 4 is 26.6 Å². The van der Waals surface area contributed by atoms with E-state index in [9.17, 15) is 8.42 Å². The van der Waals surface area contributed by atoms with Crippen LogP contribution in [0.5, 0.6) is 5.75 Å². The summed E-state index contributed by atoms with van der Waals surface area (Å²) in [5, 5.41) is 0.595. The van der Waals surface area contributed by atoms with Crippen molar-refractivity contribution in [2.75, 3.05) is 31.1 Å². The second-order valence-electron chi connectivity index (χ2n) is 7.64. The Kier molecular flexibility index (Phi) is 5.66. The maximum atomic E-state index is 13.6. The highest BCUT2D eigenvalue weighted by Gasteiger charge is 2.33. The van der Waals surface area contributed by atoms with Crippen molar-refractivity contribution in [2.24, 2.45) is 0 Å². The fourth-order valence-corrected chi connectivity index (χ4v) is 5.78. The van der Waals surface area contributed by atoms with Crippen molar-refractivity contribution in [2.45, 2.75) is 31.7 Å². The van der Waals surface area contributed by atoms with E-state index in [0.29, 0.717) is 42.9 Å². The summed E-state index contributed by atoms with van der Waals surface area (Å²) in [6.07, 6.45) is 1.66. The molecule has 0 saturated carbocycles. The Balaban J connectivity index is 1.65. The third kappa shape index (κ3) is 3.75. The molecular formula is C23H27N3O3S. The lowest BCUT2D eigenvalue weighted by Gasteiger charge is -2.40. The number of pyridine rings is 1. The summed E-state index contributed by atoms with van der Waals surface area (Å²) < 4.78 is 34.3. The molecule has 2 aromatic carbocycles. The molecule has 6 nitrogen and oxygen atoms in total. The monoisotopic (exact) mass is 425 g/mol. The molecule has 158 valence electrons. The van der Waals surface area contributed by atoms with Gasteiger partial charge in [0, 0.05) is 42.9 Å². The number of hydrogen-bond donors (Lipinski definition) is 0. The van der Waals surface area contributed by atoms with Crippen LogP contribution in [0.25, 0.3) is 10.9 Å². The van der Waals surface area contributed by atoms with E-state index in [0.717, 1.165) is 5.69 Å². The van der Waals surface area contributed by atoms with E-state index in [4.69, 9.17) is 4.74 Å². The fourth-order valence-electron chi connectivity index (χ4n) is 4.09. The van der Waals surface area contributed by atoms with Gasteiger partial charge in [0.1, 0.15) is 11.3 Å². The number of ether oxygens (including phenoxy) is 1. The zero-order chi connectivity index (χ0) is 21.3. The van der Waals surface area contributed by atoms with Gasteiger partial charge in [0.2, 0.25) is 10.0 Å². The largest absolute Gasteiger partial charge is 0.492 e. The molecule has 2 heterocycles. The summed E-state index contributed by atoms with van der Waals surface area (Å²) in [7, 11) is -3.66. The molecular weight excluding hydrogens is 398 g/mol. The summed E-state index contributed by atoms with van der Waals surface area (Å²) in [5.74, 6) is 0.602. The predicted octanol–water partition coefficient (Wildman–Crippen LogP) is 3.84. The number of benzene rings is 2. The molecule has 1 saturated heterocycles. The Hall–Kier alpha value is -2.64. The Labute approximate surface area is 178 Å². The number of sulfonamides is 1. The van der Waals surface area contributed by atoms with E-state index in [1.807, 2.05) is 13.0 Å². The van der Waals surface area contributed by atoms with Gasteiger partial charge in [-0.1, -0.05) is 12.1 Å². The summed E-state index contributed by atoms with van der Waals surface area (Å²) >= 11 is 0. The SMILES string of the molecule is CCOc1ccc(S(=O)(=O)N2CCN(c3cccc(C)c3)[C@H](C)C2)c2cccnc12. The smallest absolute Gasteiger partial charge is 0.243 e. The molecule has 0 unspecified atom stereocenters. The highest BCUT2D eigenvalue weighted by atomic mass is 32.2. The minimum Gasteiger partial charge on any atom is -0.492 e. The first-order chi connectivity index (χ1) is 14.4. The number of piperazine rings is 1. The van der Waals surface area contributed by atoms with Crippen LogP contribution in [-0.2, 0) is 10.0 Å². The molecule has 1 aliphatic rings. The molecule has 4 rings (SSSR count). The van der Waals surface area contributed by atoms with Crippen LogP contribution in [0.3, 0.4) is 0 Å². The highest BCUT2D eigenvalue weighted by Crippen LogP contribution is 2.32. The summed E-state index contributed by atoms with van der Waals surface area (Å²) in [6.45, 7) is 8.06. The number of aromatic nitrogens is 1. The highest BCUT2D eigenvalue weighted by molar-refractivity contribution is 7.89. The zero-order valence-corrected chi connectivity index (χ0v) is 18.4. The van der Waals surface area contributed by atoms with Crippen molar-refractivity contribution in [1.82, 2.24) is 9.29 Å². The van der Waals surface area contributed by atoms with Gasteiger partial charge in [-0.15, -0.1) is 0 Å². The number of hydrogen-bond acceptors (Lipinski definition) is 5. The predicted molar refractivity (Wildman–Crippen MR) is 120 cm³/mol. The zero-order valence-electron chi connectivity index (χ0n) is 17.6. The maximum Gasteiger partial charge on any atom is 0.243 e. The average molecular weight is 426 g/mol. The van der Waals surface area contributed by atoms with E-state index < -0.39 is 10.0 Å². The number of anilines is 1. The lowest BCUT2D eigenvalue weighted by molar-refractivity contribution is 0.341. The van der Waals surface area contributed by atoms with Crippen molar-refractivity contribution in [3.05, 3.63) is 60.3 Å². The number of rotatable bonds is 5. The van der Waals surface area contributed by atoms with E-state index in [-0.39, 0.29) is 10.9 Å². The molecule has 1 fully saturated rings. The molecule has 7 heteroatoms. The summed E-state index contributed by atoms with van der Waals surface area (Å²) in [4.78, 5) is 6.94. The Bertz CT molecular complexity index is 1160. The third-order valence-electron chi connectivity index (χ3n) is 5.53. The van der Waals surface area contributed by atoms with Gasteiger partial charge >= 0.3 is 0 Å². The fraction of sp³-hybridized carbons (Fsp3) is 0.348. The van der Waals surface area contributed by atoms with Gasteiger partial charge in [-0.25, -0.2) is 8.42 Å². The topological polar surface area (TPSA) is 62.7 Å². The molecule has 0 radical (unpaired) electrons. The number of nitrogens with zero attached hydrogens (tertiary/aromatic N) is 3. The molecule has 0 bridgehead atoms. The van der Waals surface area contributed by atoms with Crippen LogP contribution in [0.4, 0.5) is 5.69 Å². The average Bonchev–Trinajstić information content (AvgIpc) is 2.74. The van der Waals surface area contributed by atoms with Crippen molar-refractivity contribution < 1.29 is 13.2 Å². The maximum absolute atomic E-state index is 13.6. The van der Waals surface area contributed by atoms with Crippen molar-refractivity contribution in [3.8, 4) is 5.75 Å². The lowest BCUT2D eigenvalue weighted by atomic mass is 10.1. The van der Waals surface area contributed by atoms with Gasteiger partial charge < -0.3 is 9.64 Å². The normalized spacial score (nSPS) is 18.0. The molecule has 1 aliphatic heterocycles. The first kappa shape index (κ1) is 20.6. The van der Waals surface area contributed by atoms with Crippen LogP contribution in [-0.4, -0.2) is 50.0 Å². The van der Waals surface area contributed by atoms with Gasteiger partial charge in [-0.05, 0) is 62.7 Å². The van der Waals surface area contributed by atoms with E-state index in [1.54, 1.807) is 34.8 Å². The van der Waals surface area contributed by atoms with Crippen LogP contribution in [0.2, 0.25) is 0 Å². The van der Waals surface area contributed by atoms with Crippen molar-refractivity contribution in [1.29, 1.82) is 0 Å². The van der Waals surface area contributed by atoms with Gasteiger partial charge in [0.15, 0.2) is 0 Å². The summed E-state index contributed by atoms with van der Waals surface area (Å²) in [5.41, 5.74) is 2.91. The minimum atomic E-state index is -3.66. The van der Waals surface area contributed by atoms with E-state index in [1.165, 1.54) is 5.56 Å². The standard InChI is InChI=1S/C23H27N3O3S/c1-4-29-21-10-11-22(20-9-6-12-24-23(20)21)30(27,28)25-13-14-26(18(3)16-25)19-8-5-7-17(2)15-19/h5-12,15,18H,4,13-14,16H2,1-3H3/t18-/m1/s1. The quantitative estimate of drug-likeness (QED) is 0.622. The lowest BCUT2D eigenvalue weighted by Crippen LogP contribution is -2.53. The summed E-state index contributed by atoms with van der Waals surface area (Å²) in [6, 6.07) is 15.3. The molecule has 3 aromatic rings. The van der Waals surface area contributed by atoms with Crippen LogP contribution in [0.15, 0.2) is 59.6 Å². The minimum absolute atomic E-state index is 0.0717. The molecule has 0 N–H and O–H groups in total. The molecule has 0 amide bonds. The third-order valence-corrected chi connectivity index (χ3v) is 7.46. The van der Waals surface area contributed by atoms with Gasteiger partial charge in [-0.3, -0.25) is 4.98 Å².